The van der Waals surface area contributed by atoms with Gasteiger partial charge in [-0.15, -0.1) is 0 Å². The highest BCUT2D eigenvalue weighted by Gasteiger charge is 2.38. The molecule has 0 saturated heterocycles. The molecule has 3 unspecified atom stereocenters. The lowest BCUT2D eigenvalue weighted by atomic mass is 9.77. The van der Waals surface area contributed by atoms with E-state index in [1.54, 1.807) is 0 Å². The van der Waals surface area contributed by atoms with Crippen molar-refractivity contribution in [3.05, 3.63) is 11.6 Å². The first-order chi connectivity index (χ1) is 9.10. The van der Waals surface area contributed by atoms with Crippen molar-refractivity contribution in [3.63, 3.8) is 0 Å². The molecule has 0 amide bonds. The fourth-order valence-electron chi connectivity index (χ4n) is 2.93. The molecule has 0 spiro atoms. The van der Waals surface area contributed by atoms with Crippen molar-refractivity contribution in [1.82, 2.24) is 0 Å². The van der Waals surface area contributed by atoms with Crippen LogP contribution in [-0.4, -0.2) is 42.3 Å². The van der Waals surface area contributed by atoms with Crippen LogP contribution in [0.4, 0.5) is 0 Å². The summed E-state index contributed by atoms with van der Waals surface area (Å²) in [5.74, 6) is -0.144. The van der Waals surface area contributed by atoms with Crippen molar-refractivity contribution in [2.24, 2.45) is 5.92 Å². The molecule has 1 heterocycles. The predicted molar refractivity (Wildman–Crippen MR) is 67.4 cm³/mol. The molecule has 0 aromatic rings. The highest BCUT2D eigenvalue weighted by molar-refractivity contribution is 5.87. The standard InChI is InChI=1S/C14H20O5/c1-9(16)6-10-7-14(17)19-13-8-11(18-5-4-15)2-3-12(10)13/h7,11-13,15H,2-6,8H2,1H3. The van der Waals surface area contributed by atoms with Crippen LogP contribution >= 0.6 is 0 Å². The van der Waals surface area contributed by atoms with Gasteiger partial charge in [0.15, 0.2) is 0 Å². The largest absolute Gasteiger partial charge is 0.458 e. The number of hydrogen-bond acceptors (Lipinski definition) is 5. The van der Waals surface area contributed by atoms with Gasteiger partial charge < -0.3 is 14.6 Å². The number of aliphatic hydroxyl groups is 1. The fourth-order valence-corrected chi connectivity index (χ4v) is 2.93. The Morgan fingerprint density at radius 3 is 3.00 bits per heavy atom. The summed E-state index contributed by atoms with van der Waals surface area (Å²) in [5, 5.41) is 8.76. The van der Waals surface area contributed by atoms with E-state index in [9.17, 15) is 9.59 Å². The second-order valence-electron chi connectivity index (χ2n) is 5.21. The molecule has 1 aliphatic carbocycles. The van der Waals surface area contributed by atoms with Crippen LogP contribution in [0.3, 0.4) is 0 Å². The summed E-state index contributed by atoms with van der Waals surface area (Å²) in [5.41, 5.74) is 0.898. The summed E-state index contributed by atoms with van der Waals surface area (Å²) >= 11 is 0. The summed E-state index contributed by atoms with van der Waals surface area (Å²) < 4.78 is 10.8. The van der Waals surface area contributed by atoms with Crippen molar-refractivity contribution in [2.75, 3.05) is 13.2 Å². The van der Waals surface area contributed by atoms with Crippen molar-refractivity contribution in [2.45, 2.75) is 44.8 Å². The molecular weight excluding hydrogens is 248 g/mol. The lowest BCUT2D eigenvalue weighted by molar-refractivity contribution is -0.152. The van der Waals surface area contributed by atoms with Crippen LogP contribution in [0.2, 0.25) is 0 Å². The third-order valence-corrected chi connectivity index (χ3v) is 3.69. The first-order valence-electron chi connectivity index (χ1n) is 6.73. The lowest BCUT2D eigenvalue weighted by Gasteiger charge is -2.38. The maximum absolute atomic E-state index is 11.5. The minimum Gasteiger partial charge on any atom is -0.458 e. The van der Waals surface area contributed by atoms with E-state index in [2.05, 4.69) is 0 Å². The van der Waals surface area contributed by atoms with Gasteiger partial charge in [-0.3, -0.25) is 4.79 Å². The molecule has 0 aromatic heterocycles. The Morgan fingerprint density at radius 2 is 2.32 bits per heavy atom. The summed E-state index contributed by atoms with van der Waals surface area (Å²) in [6, 6.07) is 0. The van der Waals surface area contributed by atoms with Crippen LogP contribution in [0.25, 0.3) is 0 Å². The van der Waals surface area contributed by atoms with Gasteiger partial charge in [0.05, 0.1) is 19.3 Å². The number of esters is 1. The van der Waals surface area contributed by atoms with Crippen LogP contribution in [0, 0.1) is 5.92 Å². The van der Waals surface area contributed by atoms with E-state index in [0.717, 1.165) is 18.4 Å². The maximum atomic E-state index is 11.5. The van der Waals surface area contributed by atoms with Gasteiger partial charge in [0.1, 0.15) is 11.9 Å². The zero-order valence-corrected chi connectivity index (χ0v) is 11.1. The molecule has 106 valence electrons. The molecular formula is C14H20O5. The molecule has 0 aromatic carbocycles. The van der Waals surface area contributed by atoms with E-state index in [-0.39, 0.29) is 36.5 Å². The van der Waals surface area contributed by atoms with Gasteiger partial charge in [0.25, 0.3) is 0 Å². The molecule has 2 rings (SSSR count). The van der Waals surface area contributed by atoms with Gasteiger partial charge in [0, 0.05) is 24.8 Å². The van der Waals surface area contributed by atoms with Crippen LogP contribution in [0.5, 0.6) is 0 Å². The Labute approximate surface area is 112 Å². The number of ether oxygens (including phenoxy) is 2. The molecule has 0 radical (unpaired) electrons. The molecule has 5 nitrogen and oxygen atoms in total. The number of aliphatic hydroxyl groups excluding tert-OH is 1. The quantitative estimate of drug-likeness (QED) is 0.753. The van der Waals surface area contributed by atoms with E-state index >= 15 is 0 Å². The average molecular weight is 268 g/mol. The summed E-state index contributed by atoms with van der Waals surface area (Å²) in [4.78, 5) is 22.8. The minimum absolute atomic E-state index is 0.000127. The van der Waals surface area contributed by atoms with Gasteiger partial charge in [-0.2, -0.15) is 0 Å². The molecule has 3 atom stereocenters. The highest BCUT2D eigenvalue weighted by Crippen LogP contribution is 2.37. The Kier molecular flexibility index (Phi) is 4.71. The molecule has 0 bridgehead atoms. The molecule has 19 heavy (non-hydrogen) atoms. The van der Waals surface area contributed by atoms with E-state index in [1.165, 1.54) is 13.0 Å². The molecule has 1 N–H and O–H groups in total. The molecule has 1 saturated carbocycles. The zero-order chi connectivity index (χ0) is 13.8. The topological polar surface area (TPSA) is 72.8 Å². The van der Waals surface area contributed by atoms with Crippen LogP contribution < -0.4 is 0 Å². The number of rotatable bonds is 5. The fraction of sp³-hybridized carbons (Fsp3) is 0.714. The van der Waals surface area contributed by atoms with Gasteiger partial charge in [0.2, 0.25) is 0 Å². The predicted octanol–water partition coefficient (Wildman–Crippen LogP) is 0.995. The number of hydrogen-bond donors (Lipinski definition) is 1. The van der Waals surface area contributed by atoms with Gasteiger partial charge in [-0.1, -0.05) is 0 Å². The summed E-state index contributed by atoms with van der Waals surface area (Å²) in [7, 11) is 0. The van der Waals surface area contributed by atoms with Crippen LogP contribution in [0.1, 0.15) is 32.6 Å². The van der Waals surface area contributed by atoms with Crippen LogP contribution in [-0.2, 0) is 19.1 Å². The Balaban J connectivity index is 2.01. The summed E-state index contributed by atoms with van der Waals surface area (Å²) in [6.45, 7) is 1.85. The molecule has 5 heteroatoms. The van der Waals surface area contributed by atoms with E-state index in [4.69, 9.17) is 14.6 Å². The number of carbonyl (C=O) groups excluding carboxylic acids is 2. The average Bonchev–Trinajstić information content (AvgIpc) is 2.35. The lowest BCUT2D eigenvalue weighted by Crippen LogP contribution is -2.40. The van der Waals surface area contributed by atoms with Crippen molar-refractivity contribution < 1.29 is 24.2 Å². The molecule has 1 aliphatic heterocycles. The number of carbonyl (C=O) groups is 2. The Morgan fingerprint density at radius 1 is 1.53 bits per heavy atom. The zero-order valence-electron chi connectivity index (χ0n) is 11.1. The maximum Gasteiger partial charge on any atom is 0.331 e. The van der Waals surface area contributed by atoms with Crippen molar-refractivity contribution >= 4 is 11.8 Å². The van der Waals surface area contributed by atoms with E-state index in [1.807, 2.05) is 0 Å². The number of ketones is 1. The van der Waals surface area contributed by atoms with Gasteiger partial charge in [-0.05, 0) is 25.3 Å². The van der Waals surface area contributed by atoms with E-state index < -0.39 is 0 Å². The normalized spacial score (nSPS) is 30.3. The van der Waals surface area contributed by atoms with Crippen molar-refractivity contribution in [3.8, 4) is 0 Å². The van der Waals surface area contributed by atoms with Gasteiger partial charge in [-0.25, -0.2) is 4.79 Å². The first-order valence-corrected chi connectivity index (χ1v) is 6.73. The third kappa shape index (κ3) is 3.64. The second-order valence-corrected chi connectivity index (χ2v) is 5.21. The SMILES string of the molecule is CC(=O)CC1=CC(=O)OC2CC(OCCO)CCC12. The van der Waals surface area contributed by atoms with Gasteiger partial charge >= 0.3 is 5.97 Å². The second kappa shape index (κ2) is 6.30. The summed E-state index contributed by atoms with van der Waals surface area (Å²) in [6.07, 6.45) is 4.00. The first kappa shape index (κ1) is 14.2. The Hall–Kier alpha value is -1.20. The van der Waals surface area contributed by atoms with Crippen LogP contribution in [0.15, 0.2) is 11.6 Å². The van der Waals surface area contributed by atoms with Crippen molar-refractivity contribution in [1.29, 1.82) is 0 Å². The molecule has 2 aliphatic rings. The number of Topliss-reactive ketones (excluding diaryl/α,β-unsaturated/α-hetero) is 1. The highest BCUT2D eigenvalue weighted by atomic mass is 16.5. The molecule has 1 fully saturated rings. The number of fused-ring (bicyclic) bond motifs is 1. The Bertz CT molecular complexity index is 387. The van der Waals surface area contributed by atoms with E-state index in [0.29, 0.717) is 19.4 Å². The monoisotopic (exact) mass is 268 g/mol. The third-order valence-electron chi connectivity index (χ3n) is 3.69. The smallest absolute Gasteiger partial charge is 0.331 e. The minimum atomic E-state index is -0.361.